The zero-order valence-electron chi connectivity index (χ0n) is 12.8. The topological polar surface area (TPSA) is 15.3 Å². The van der Waals surface area contributed by atoms with E-state index in [0.29, 0.717) is 0 Å². The molecule has 0 aliphatic carbocycles. The van der Waals surface area contributed by atoms with Gasteiger partial charge in [-0.25, -0.2) is 0 Å². The van der Waals surface area contributed by atoms with Crippen LogP contribution in [-0.2, 0) is 0 Å². The van der Waals surface area contributed by atoms with Gasteiger partial charge in [0.25, 0.3) is 0 Å². The van der Waals surface area contributed by atoms with E-state index in [9.17, 15) is 0 Å². The molecule has 0 radical (unpaired) electrons. The molecule has 2 rings (SSSR count). The van der Waals surface area contributed by atoms with Gasteiger partial charge in [0.2, 0.25) is 0 Å². The number of hydrogen-bond donors (Lipinski definition) is 1. The Kier molecular flexibility index (Phi) is 5.08. The predicted octanol–water partition coefficient (Wildman–Crippen LogP) is 3.13. The van der Waals surface area contributed by atoms with E-state index in [1.807, 2.05) is 0 Å². The Labute approximate surface area is 114 Å². The summed E-state index contributed by atoms with van der Waals surface area (Å²) in [4.78, 5) is 2.69. The van der Waals surface area contributed by atoms with Crippen LogP contribution >= 0.6 is 0 Å². The van der Waals surface area contributed by atoms with Crippen molar-refractivity contribution in [3.05, 3.63) is 0 Å². The fourth-order valence-corrected chi connectivity index (χ4v) is 4.19. The zero-order chi connectivity index (χ0) is 13.1. The molecule has 2 saturated heterocycles. The summed E-state index contributed by atoms with van der Waals surface area (Å²) in [5, 5.41) is 3.48. The minimum Gasteiger partial charge on any atom is -0.317 e. The van der Waals surface area contributed by atoms with Gasteiger partial charge in [-0.1, -0.05) is 6.92 Å². The summed E-state index contributed by atoms with van der Waals surface area (Å²) in [5.41, 5.74) is 0. The summed E-state index contributed by atoms with van der Waals surface area (Å²) in [6.45, 7) is 13.4. The lowest BCUT2D eigenvalue weighted by molar-refractivity contribution is 0.201. The smallest absolute Gasteiger partial charge is 0.00728 e. The lowest BCUT2D eigenvalue weighted by Crippen LogP contribution is -2.34. The van der Waals surface area contributed by atoms with Crippen molar-refractivity contribution in [1.29, 1.82) is 0 Å². The van der Waals surface area contributed by atoms with Crippen LogP contribution in [0.2, 0.25) is 0 Å². The van der Waals surface area contributed by atoms with Crippen LogP contribution in [0.25, 0.3) is 0 Å². The Morgan fingerprint density at radius 1 is 1.17 bits per heavy atom. The third kappa shape index (κ3) is 3.48. The first kappa shape index (κ1) is 14.3. The van der Waals surface area contributed by atoms with Crippen molar-refractivity contribution >= 4 is 0 Å². The van der Waals surface area contributed by atoms with Gasteiger partial charge in [0.05, 0.1) is 0 Å². The molecule has 0 spiro atoms. The van der Waals surface area contributed by atoms with Gasteiger partial charge in [-0.2, -0.15) is 0 Å². The van der Waals surface area contributed by atoms with Crippen molar-refractivity contribution in [2.75, 3.05) is 19.6 Å². The quantitative estimate of drug-likeness (QED) is 0.827. The minimum absolute atomic E-state index is 0.721. The predicted molar refractivity (Wildman–Crippen MR) is 78.8 cm³/mol. The van der Waals surface area contributed by atoms with Crippen LogP contribution < -0.4 is 5.32 Å². The van der Waals surface area contributed by atoms with Gasteiger partial charge in [-0.05, 0) is 77.3 Å². The van der Waals surface area contributed by atoms with Crippen LogP contribution in [0, 0.1) is 17.8 Å². The van der Waals surface area contributed by atoms with Crippen molar-refractivity contribution < 1.29 is 0 Å². The number of nitrogens with zero attached hydrogens (tertiary/aromatic N) is 1. The largest absolute Gasteiger partial charge is 0.317 e. The summed E-state index contributed by atoms with van der Waals surface area (Å²) in [6, 6.07) is 1.52. The molecule has 106 valence electrons. The van der Waals surface area contributed by atoms with Crippen LogP contribution in [-0.4, -0.2) is 36.6 Å². The maximum Gasteiger partial charge on any atom is 0.00728 e. The summed E-state index contributed by atoms with van der Waals surface area (Å²) >= 11 is 0. The van der Waals surface area contributed by atoms with Gasteiger partial charge in [-0.3, -0.25) is 4.90 Å². The molecule has 3 unspecified atom stereocenters. The van der Waals surface area contributed by atoms with E-state index < -0.39 is 0 Å². The maximum atomic E-state index is 3.48. The average Bonchev–Trinajstić information content (AvgIpc) is 2.71. The zero-order valence-corrected chi connectivity index (χ0v) is 12.8. The number of rotatable bonds is 4. The molecule has 2 nitrogen and oxygen atoms in total. The second kappa shape index (κ2) is 6.38. The van der Waals surface area contributed by atoms with E-state index in [1.165, 1.54) is 45.3 Å². The van der Waals surface area contributed by atoms with Crippen LogP contribution in [0.1, 0.15) is 53.4 Å². The lowest BCUT2D eigenvalue weighted by Gasteiger charge is -2.30. The Morgan fingerprint density at radius 3 is 2.39 bits per heavy atom. The van der Waals surface area contributed by atoms with Crippen LogP contribution in [0.15, 0.2) is 0 Å². The van der Waals surface area contributed by atoms with E-state index in [0.717, 1.165) is 29.8 Å². The molecule has 0 bridgehead atoms. The highest BCUT2D eigenvalue weighted by Crippen LogP contribution is 2.33. The summed E-state index contributed by atoms with van der Waals surface area (Å²) in [5.74, 6) is 2.86. The second-order valence-corrected chi connectivity index (χ2v) is 7.04. The molecule has 2 heterocycles. The number of piperidine rings is 1. The number of hydrogen-bond acceptors (Lipinski definition) is 2. The number of likely N-dealkylation sites (tertiary alicyclic amines) is 1. The van der Waals surface area contributed by atoms with Gasteiger partial charge in [0, 0.05) is 18.6 Å². The van der Waals surface area contributed by atoms with Gasteiger partial charge < -0.3 is 5.32 Å². The molecule has 0 aromatic carbocycles. The molecule has 18 heavy (non-hydrogen) atoms. The monoisotopic (exact) mass is 252 g/mol. The van der Waals surface area contributed by atoms with Crippen molar-refractivity contribution in [2.24, 2.45) is 17.8 Å². The SMILES string of the molecule is CC(CC1CC(C)N(C(C)C)C1)C1CCNCC1. The van der Waals surface area contributed by atoms with Crippen molar-refractivity contribution in [1.82, 2.24) is 10.2 Å². The van der Waals surface area contributed by atoms with Gasteiger partial charge in [-0.15, -0.1) is 0 Å². The first-order valence-corrected chi connectivity index (χ1v) is 8.04. The summed E-state index contributed by atoms with van der Waals surface area (Å²) < 4.78 is 0. The fraction of sp³-hybridized carbons (Fsp3) is 1.00. The van der Waals surface area contributed by atoms with Gasteiger partial charge in [0.1, 0.15) is 0 Å². The van der Waals surface area contributed by atoms with Crippen LogP contribution in [0.4, 0.5) is 0 Å². The summed E-state index contributed by atoms with van der Waals surface area (Å²) in [6.07, 6.45) is 5.68. The Bertz CT molecular complexity index is 245. The van der Waals surface area contributed by atoms with Crippen LogP contribution in [0.5, 0.6) is 0 Å². The third-order valence-electron chi connectivity index (χ3n) is 5.27. The number of nitrogens with one attached hydrogen (secondary N) is 1. The highest BCUT2D eigenvalue weighted by molar-refractivity contribution is 4.86. The molecule has 1 N–H and O–H groups in total. The van der Waals surface area contributed by atoms with E-state index in [2.05, 4.69) is 37.9 Å². The Hall–Kier alpha value is -0.0800. The lowest BCUT2D eigenvalue weighted by atomic mass is 9.80. The normalized spacial score (nSPS) is 33.2. The summed E-state index contributed by atoms with van der Waals surface area (Å²) in [7, 11) is 0. The molecule has 2 heteroatoms. The molecule has 0 aromatic heterocycles. The molecule has 0 aromatic rings. The third-order valence-corrected chi connectivity index (χ3v) is 5.27. The minimum atomic E-state index is 0.721. The molecular weight excluding hydrogens is 220 g/mol. The molecule has 3 atom stereocenters. The molecule has 0 amide bonds. The van der Waals surface area contributed by atoms with Gasteiger partial charge in [0.15, 0.2) is 0 Å². The molecule has 2 aliphatic rings. The highest BCUT2D eigenvalue weighted by atomic mass is 15.2. The van der Waals surface area contributed by atoms with E-state index in [-0.39, 0.29) is 0 Å². The van der Waals surface area contributed by atoms with Crippen molar-refractivity contribution in [3.63, 3.8) is 0 Å². The van der Waals surface area contributed by atoms with Crippen molar-refractivity contribution in [2.45, 2.75) is 65.5 Å². The fourth-order valence-electron chi connectivity index (χ4n) is 4.19. The Balaban J connectivity index is 1.79. The van der Waals surface area contributed by atoms with Crippen molar-refractivity contribution in [3.8, 4) is 0 Å². The highest BCUT2D eigenvalue weighted by Gasteiger charge is 2.32. The van der Waals surface area contributed by atoms with E-state index >= 15 is 0 Å². The first-order chi connectivity index (χ1) is 8.58. The molecule has 2 fully saturated rings. The maximum absolute atomic E-state index is 3.48. The standard InChI is InChI=1S/C16H32N2/c1-12(2)18-11-15(10-14(18)4)9-13(3)16-5-7-17-8-6-16/h12-17H,5-11H2,1-4H3. The van der Waals surface area contributed by atoms with Crippen LogP contribution in [0.3, 0.4) is 0 Å². The van der Waals surface area contributed by atoms with E-state index in [4.69, 9.17) is 0 Å². The molecule has 2 aliphatic heterocycles. The Morgan fingerprint density at radius 2 is 1.83 bits per heavy atom. The van der Waals surface area contributed by atoms with E-state index in [1.54, 1.807) is 0 Å². The molecular formula is C16H32N2. The second-order valence-electron chi connectivity index (χ2n) is 7.04. The first-order valence-electron chi connectivity index (χ1n) is 8.04. The average molecular weight is 252 g/mol. The molecule has 0 saturated carbocycles. The van der Waals surface area contributed by atoms with Gasteiger partial charge >= 0.3 is 0 Å².